The minimum absolute atomic E-state index is 0. The number of anilines is 1. The number of ether oxygens (including phenoxy) is 1. The van der Waals surface area contributed by atoms with Crippen LogP contribution in [-0.2, 0) is 11.2 Å². The summed E-state index contributed by atoms with van der Waals surface area (Å²) < 4.78 is 7.53. The van der Waals surface area contributed by atoms with Crippen molar-refractivity contribution in [2.45, 2.75) is 38.3 Å². The summed E-state index contributed by atoms with van der Waals surface area (Å²) in [5, 5.41) is 2.69. The number of hydrogen-bond acceptors (Lipinski definition) is 8. The van der Waals surface area contributed by atoms with Crippen LogP contribution in [0, 0.1) is 5.92 Å². The second-order valence-corrected chi connectivity index (χ2v) is 11.2. The zero-order chi connectivity index (χ0) is 27.7. The predicted molar refractivity (Wildman–Crippen MR) is 154 cm³/mol. The fraction of sp³-hybridized carbons (Fsp3) is 0.556. The minimum Gasteiger partial charge on any atom is -0.492 e. The number of benzene rings is 1. The van der Waals surface area contributed by atoms with Gasteiger partial charge in [0, 0.05) is 51.0 Å². The standard InChI is InChI=1S/C27H38N8O4.ClH/c1-27(2,29)24(36)32-9-11-33(12-10-32)25(37)30-23-6-8-35(26(38)31-23)20-4-3-19-13-21(17-39-22(19)14-20)34-7-5-18(15-28)16-34;/h3-4,6,8,14,18,21H,5,7,9-13,15-17,28-29H2,1-2H3,(H,30,31,37,38);1H. The van der Waals surface area contributed by atoms with Crippen LogP contribution >= 0.6 is 12.4 Å². The van der Waals surface area contributed by atoms with Crippen LogP contribution in [0.5, 0.6) is 5.75 Å². The van der Waals surface area contributed by atoms with E-state index < -0.39 is 11.2 Å². The number of hydrogen-bond donors (Lipinski definition) is 3. The van der Waals surface area contributed by atoms with E-state index in [9.17, 15) is 14.4 Å². The van der Waals surface area contributed by atoms with Crippen molar-refractivity contribution in [3.8, 4) is 11.4 Å². The molecule has 12 nitrogen and oxygen atoms in total. The second-order valence-electron chi connectivity index (χ2n) is 11.2. The van der Waals surface area contributed by atoms with E-state index in [1.165, 1.54) is 4.57 Å². The maximum atomic E-state index is 12.8. The van der Waals surface area contributed by atoms with E-state index in [4.69, 9.17) is 16.2 Å². The van der Waals surface area contributed by atoms with E-state index in [0.717, 1.165) is 43.8 Å². The molecule has 2 aromatic rings. The lowest BCUT2D eigenvalue weighted by molar-refractivity contribution is -0.137. The summed E-state index contributed by atoms with van der Waals surface area (Å²) in [7, 11) is 0. The lowest BCUT2D eigenvalue weighted by Crippen LogP contribution is -2.58. The summed E-state index contributed by atoms with van der Waals surface area (Å²) >= 11 is 0. The average Bonchev–Trinajstić information content (AvgIpc) is 3.41. The van der Waals surface area contributed by atoms with Crippen molar-refractivity contribution < 1.29 is 14.3 Å². The third-order valence-corrected chi connectivity index (χ3v) is 7.83. The fourth-order valence-electron chi connectivity index (χ4n) is 5.49. The lowest BCUT2D eigenvalue weighted by atomic mass is 10.0. The van der Waals surface area contributed by atoms with Crippen LogP contribution < -0.4 is 27.2 Å². The quantitative estimate of drug-likeness (QED) is 0.471. The highest BCUT2D eigenvalue weighted by Gasteiger charge is 2.32. The Morgan fingerprint density at radius 2 is 1.85 bits per heavy atom. The molecular formula is C27H39ClN8O4. The van der Waals surface area contributed by atoms with Crippen LogP contribution in [0.3, 0.4) is 0 Å². The van der Waals surface area contributed by atoms with Gasteiger partial charge in [0.1, 0.15) is 18.2 Å². The molecule has 3 amide bonds. The summed E-state index contributed by atoms with van der Waals surface area (Å²) in [6.07, 6.45) is 3.63. The molecule has 5 rings (SSSR count). The van der Waals surface area contributed by atoms with Crippen molar-refractivity contribution in [3.05, 3.63) is 46.5 Å². The second kappa shape index (κ2) is 12.1. The number of amides is 3. The molecule has 2 fully saturated rings. The van der Waals surface area contributed by atoms with Crippen molar-refractivity contribution in [2.75, 3.05) is 57.7 Å². The van der Waals surface area contributed by atoms with Gasteiger partial charge in [0.2, 0.25) is 5.91 Å². The van der Waals surface area contributed by atoms with Gasteiger partial charge in [0.05, 0.1) is 11.2 Å². The number of halogens is 1. The molecule has 2 unspecified atom stereocenters. The first-order valence-electron chi connectivity index (χ1n) is 13.6. The van der Waals surface area contributed by atoms with Gasteiger partial charge in [-0.25, -0.2) is 9.59 Å². The molecule has 40 heavy (non-hydrogen) atoms. The van der Waals surface area contributed by atoms with Gasteiger partial charge in [-0.05, 0) is 63.4 Å². The molecule has 0 aliphatic carbocycles. The molecule has 13 heteroatoms. The molecule has 2 atom stereocenters. The first-order chi connectivity index (χ1) is 18.6. The molecule has 0 spiro atoms. The van der Waals surface area contributed by atoms with E-state index in [1.54, 1.807) is 35.9 Å². The Balaban J connectivity index is 0.00000370. The van der Waals surface area contributed by atoms with Crippen molar-refractivity contribution in [2.24, 2.45) is 17.4 Å². The maximum absolute atomic E-state index is 12.8. The third kappa shape index (κ3) is 6.41. The van der Waals surface area contributed by atoms with E-state index in [-0.39, 0.29) is 30.2 Å². The van der Waals surface area contributed by atoms with Gasteiger partial charge in [0.25, 0.3) is 0 Å². The van der Waals surface area contributed by atoms with Gasteiger partial charge in [-0.3, -0.25) is 19.6 Å². The minimum atomic E-state index is -0.951. The number of nitrogens with zero attached hydrogens (tertiary/aromatic N) is 5. The highest BCUT2D eigenvalue weighted by atomic mass is 35.5. The van der Waals surface area contributed by atoms with Crippen molar-refractivity contribution in [1.29, 1.82) is 0 Å². The molecule has 0 radical (unpaired) electrons. The monoisotopic (exact) mass is 574 g/mol. The summed E-state index contributed by atoms with van der Waals surface area (Å²) in [6.45, 7) is 8.27. The van der Waals surface area contributed by atoms with Crippen LogP contribution in [-0.4, -0.2) is 100 Å². The smallest absolute Gasteiger partial charge is 0.354 e. The van der Waals surface area contributed by atoms with Crippen molar-refractivity contribution >= 4 is 30.2 Å². The summed E-state index contributed by atoms with van der Waals surface area (Å²) in [6, 6.07) is 7.32. The van der Waals surface area contributed by atoms with Crippen molar-refractivity contribution in [1.82, 2.24) is 24.3 Å². The summed E-state index contributed by atoms with van der Waals surface area (Å²) in [5.74, 6) is 1.36. The van der Waals surface area contributed by atoms with E-state index in [0.29, 0.717) is 50.4 Å². The lowest BCUT2D eigenvalue weighted by Gasteiger charge is -2.37. The molecule has 5 N–H and O–H groups in total. The number of nitrogens with two attached hydrogens (primary N) is 2. The van der Waals surface area contributed by atoms with E-state index >= 15 is 0 Å². The Morgan fingerprint density at radius 1 is 1.12 bits per heavy atom. The van der Waals surface area contributed by atoms with Gasteiger partial charge >= 0.3 is 11.7 Å². The number of likely N-dealkylation sites (tertiary alicyclic amines) is 1. The molecule has 3 aliphatic heterocycles. The van der Waals surface area contributed by atoms with Crippen molar-refractivity contribution in [3.63, 3.8) is 0 Å². The molecule has 1 aromatic heterocycles. The Labute approximate surface area is 240 Å². The van der Waals surface area contributed by atoms with Crippen LogP contribution in [0.25, 0.3) is 5.69 Å². The Hall–Kier alpha value is -3.19. The topological polar surface area (TPSA) is 152 Å². The zero-order valence-electron chi connectivity index (χ0n) is 23.0. The summed E-state index contributed by atoms with van der Waals surface area (Å²) in [4.78, 5) is 47.7. The van der Waals surface area contributed by atoms with Crippen LogP contribution in [0.1, 0.15) is 25.8 Å². The highest BCUT2D eigenvalue weighted by Crippen LogP contribution is 2.30. The van der Waals surface area contributed by atoms with E-state index in [2.05, 4.69) is 15.2 Å². The molecule has 4 heterocycles. The number of aromatic nitrogens is 2. The number of carbonyl (C=O) groups excluding carboxylic acids is 2. The maximum Gasteiger partial charge on any atom is 0.354 e. The van der Waals surface area contributed by atoms with Crippen LogP contribution in [0.2, 0.25) is 0 Å². The fourth-order valence-corrected chi connectivity index (χ4v) is 5.49. The number of fused-ring (bicyclic) bond motifs is 1. The average molecular weight is 575 g/mol. The normalized spacial score (nSPS) is 21.3. The molecule has 1 aromatic carbocycles. The molecule has 0 saturated carbocycles. The van der Waals surface area contributed by atoms with Gasteiger partial charge < -0.3 is 26.0 Å². The highest BCUT2D eigenvalue weighted by molar-refractivity contribution is 5.89. The Morgan fingerprint density at radius 3 is 2.50 bits per heavy atom. The number of rotatable bonds is 5. The largest absolute Gasteiger partial charge is 0.492 e. The third-order valence-electron chi connectivity index (χ3n) is 7.83. The van der Waals surface area contributed by atoms with Gasteiger partial charge in [-0.1, -0.05) is 6.07 Å². The molecular weight excluding hydrogens is 536 g/mol. The van der Waals surface area contributed by atoms with Crippen LogP contribution in [0.15, 0.2) is 35.3 Å². The Bertz CT molecular complexity index is 1290. The number of carbonyl (C=O) groups is 2. The molecule has 218 valence electrons. The zero-order valence-corrected chi connectivity index (χ0v) is 23.9. The number of nitrogens with one attached hydrogen (secondary N) is 1. The van der Waals surface area contributed by atoms with Crippen LogP contribution in [0.4, 0.5) is 10.6 Å². The predicted octanol–water partition coefficient (Wildman–Crippen LogP) is 0.652. The number of piperazine rings is 1. The molecule has 0 bridgehead atoms. The number of urea groups is 1. The first kappa shape index (κ1) is 29.8. The Kier molecular flexibility index (Phi) is 9.03. The van der Waals surface area contributed by atoms with E-state index in [1.807, 2.05) is 18.2 Å². The van der Waals surface area contributed by atoms with Gasteiger partial charge in [0.15, 0.2) is 0 Å². The van der Waals surface area contributed by atoms with Gasteiger partial charge in [-0.2, -0.15) is 4.98 Å². The SMILES string of the molecule is CC(C)(N)C(=O)N1CCN(C(=O)Nc2ccn(-c3ccc4c(c3)OCC(N3CCC(CN)C3)C4)c(=O)n2)CC1.Cl. The molecule has 2 saturated heterocycles. The van der Waals surface area contributed by atoms with Gasteiger partial charge in [-0.15, -0.1) is 12.4 Å². The molecule has 3 aliphatic rings. The first-order valence-corrected chi connectivity index (χ1v) is 13.6. The summed E-state index contributed by atoms with van der Waals surface area (Å²) in [5.41, 5.74) is 12.1.